The molecular formula is C12H15NS2. The van der Waals surface area contributed by atoms with E-state index < -0.39 is 0 Å². The Kier molecular flexibility index (Phi) is 3.76. The molecule has 1 aromatic rings. The summed E-state index contributed by atoms with van der Waals surface area (Å²) < 4.78 is 1.22. The third-order valence-electron chi connectivity index (χ3n) is 2.31. The van der Waals surface area contributed by atoms with Gasteiger partial charge in [-0.15, -0.1) is 0 Å². The van der Waals surface area contributed by atoms with Crippen LogP contribution in [0.2, 0.25) is 0 Å². The fourth-order valence-electron chi connectivity index (χ4n) is 1.40. The molecule has 1 fully saturated rings. The van der Waals surface area contributed by atoms with Gasteiger partial charge in [0.15, 0.2) is 0 Å². The molecule has 1 saturated heterocycles. The van der Waals surface area contributed by atoms with Crippen molar-refractivity contribution in [1.82, 2.24) is 0 Å². The van der Waals surface area contributed by atoms with Crippen molar-refractivity contribution < 1.29 is 0 Å². The highest BCUT2D eigenvalue weighted by Crippen LogP contribution is 2.29. The summed E-state index contributed by atoms with van der Waals surface area (Å²) in [5.41, 5.74) is 2.46. The Hall–Kier alpha value is -0.410. The molecule has 0 atom stereocenters. The molecule has 0 aliphatic carbocycles. The van der Waals surface area contributed by atoms with E-state index in [4.69, 9.17) is 0 Å². The first-order valence-corrected chi connectivity index (χ1v) is 7.17. The number of rotatable bonds is 2. The van der Waals surface area contributed by atoms with E-state index in [1.807, 2.05) is 23.5 Å². The molecule has 0 saturated carbocycles. The van der Waals surface area contributed by atoms with Crippen molar-refractivity contribution in [3.05, 3.63) is 29.8 Å². The van der Waals surface area contributed by atoms with Gasteiger partial charge in [-0.3, -0.25) is 0 Å². The molecule has 0 aromatic heterocycles. The summed E-state index contributed by atoms with van der Waals surface area (Å²) in [7, 11) is 0. The second-order valence-electron chi connectivity index (χ2n) is 3.82. The number of aliphatic imine (C=N–C) groups is 1. The average molecular weight is 237 g/mol. The van der Waals surface area contributed by atoms with Crippen LogP contribution >= 0.6 is 23.5 Å². The van der Waals surface area contributed by atoms with E-state index in [0.717, 1.165) is 5.69 Å². The lowest BCUT2D eigenvalue weighted by molar-refractivity contribution is 0.867. The van der Waals surface area contributed by atoms with Gasteiger partial charge in [0.2, 0.25) is 0 Å². The molecule has 0 N–H and O–H groups in total. The Balaban J connectivity index is 2.13. The predicted octanol–water partition coefficient (Wildman–Crippen LogP) is 4.28. The molecule has 80 valence electrons. The van der Waals surface area contributed by atoms with Gasteiger partial charge in [-0.25, -0.2) is 4.99 Å². The monoisotopic (exact) mass is 237 g/mol. The zero-order valence-corrected chi connectivity index (χ0v) is 10.7. The minimum atomic E-state index is 0.599. The van der Waals surface area contributed by atoms with Crippen molar-refractivity contribution in [1.29, 1.82) is 0 Å². The van der Waals surface area contributed by atoms with Crippen LogP contribution in [0.1, 0.15) is 25.3 Å². The van der Waals surface area contributed by atoms with Crippen LogP contribution in [0.15, 0.2) is 29.3 Å². The molecule has 0 spiro atoms. The van der Waals surface area contributed by atoms with E-state index in [1.54, 1.807) is 0 Å². The standard InChI is InChI=1S/C12H15NS2/c1-9(2)10-3-5-11(6-4-10)13-12-14-7-8-15-12/h3-6,9H,7-8H2,1-2H3. The molecule has 0 bridgehead atoms. The van der Waals surface area contributed by atoms with Gasteiger partial charge < -0.3 is 0 Å². The number of hydrogen-bond acceptors (Lipinski definition) is 3. The molecule has 0 unspecified atom stereocenters. The molecule has 0 radical (unpaired) electrons. The van der Waals surface area contributed by atoms with Crippen molar-refractivity contribution in [3.8, 4) is 0 Å². The minimum absolute atomic E-state index is 0.599. The summed E-state index contributed by atoms with van der Waals surface area (Å²) in [6.07, 6.45) is 0. The van der Waals surface area contributed by atoms with Crippen LogP contribution in [0.5, 0.6) is 0 Å². The minimum Gasteiger partial charge on any atom is -0.235 e. The molecule has 1 heterocycles. The Morgan fingerprint density at radius 3 is 2.20 bits per heavy atom. The van der Waals surface area contributed by atoms with Gasteiger partial charge in [-0.1, -0.05) is 49.5 Å². The Morgan fingerprint density at radius 1 is 1.07 bits per heavy atom. The largest absolute Gasteiger partial charge is 0.235 e. The van der Waals surface area contributed by atoms with Gasteiger partial charge in [0.05, 0.1) is 5.69 Å². The first-order valence-electron chi connectivity index (χ1n) is 5.20. The smallest absolute Gasteiger partial charge is 0.130 e. The zero-order valence-electron chi connectivity index (χ0n) is 9.06. The number of benzene rings is 1. The summed E-state index contributed by atoms with van der Waals surface area (Å²) in [5, 5.41) is 0. The molecule has 1 aromatic carbocycles. The highest BCUT2D eigenvalue weighted by atomic mass is 32.2. The fourth-order valence-corrected chi connectivity index (χ4v) is 3.59. The normalized spacial score (nSPS) is 16.1. The molecule has 1 nitrogen and oxygen atoms in total. The second kappa shape index (κ2) is 5.08. The van der Waals surface area contributed by atoms with Gasteiger partial charge in [0.1, 0.15) is 4.38 Å². The molecule has 0 amide bonds. The van der Waals surface area contributed by atoms with Crippen molar-refractivity contribution in [2.45, 2.75) is 19.8 Å². The third kappa shape index (κ3) is 3.02. The number of thioether (sulfide) groups is 2. The summed E-state index contributed by atoms with van der Waals surface area (Å²) in [5.74, 6) is 3.00. The van der Waals surface area contributed by atoms with Gasteiger partial charge in [0.25, 0.3) is 0 Å². The summed E-state index contributed by atoms with van der Waals surface area (Å²) in [6, 6.07) is 8.58. The van der Waals surface area contributed by atoms with Gasteiger partial charge >= 0.3 is 0 Å². The first-order chi connectivity index (χ1) is 7.25. The molecular weight excluding hydrogens is 222 g/mol. The van der Waals surface area contributed by atoms with Crippen molar-refractivity contribution in [2.24, 2.45) is 4.99 Å². The van der Waals surface area contributed by atoms with E-state index in [2.05, 4.69) is 43.1 Å². The molecule has 2 rings (SSSR count). The van der Waals surface area contributed by atoms with E-state index in [9.17, 15) is 0 Å². The van der Waals surface area contributed by atoms with Crippen LogP contribution in [0.4, 0.5) is 5.69 Å². The zero-order chi connectivity index (χ0) is 10.7. The van der Waals surface area contributed by atoms with E-state index >= 15 is 0 Å². The van der Waals surface area contributed by atoms with Gasteiger partial charge in [-0.2, -0.15) is 0 Å². The quantitative estimate of drug-likeness (QED) is 0.761. The topological polar surface area (TPSA) is 12.4 Å². The molecule has 1 aliphatic rings. The predicted molar refractivity (Wildman–Crippen MR) is 72.5 cm³/mol. The lowest BCUT2D eigenvalue weighted by atomic mass is 10.0. The first kappa shape index (κ1) is 11.1. The summed E-state index contributed by atoms with van der Waals surface area (Å²) in [6.45, 7) is 4.42. The second-order valence-corrected chi connectivity index (χ2v) is 6.25. The maximum Gasteiger partial charge on any atom is 0.130 e. The maximum atomic E-state index is 4.60. The van der Waals surface area contributed by atoms with E-state index in [0.29, 0.717) is 5.92 Å². The molecule has 15 heavy (non-hydrogen) atoms. The van der Waals surface area contributed by atoms with Crippen LogP contribution in [-0.2, 0) is 0 Å². The van der Waals surface area contributed by atoms with Gasteiger partial charge in [0, 0.05) is 11.5 Å². The summed E-state index contributed by atoms with van der Waals surface area (Å²) >= 11 is 3.72. The van der Waals surface area contributed by atoms with E-state index in [-0.39, 0.29) is 0 Å². The molecule has 3 heteroatoms. The van der Waals surface area contributed by atoms with Crippen LogP contribution in [-0.4, -0.2) is 15.9 Å². The van der Waals surface area contributed by atoms with Crippen LogP contribution in [0, 0.1) is 0 Å². The average Bonchev–Trinajstić information content (AvgIpc) is 2.71. The van der Waals surface area contributed by atoms with Crippen LogP contribution in [0.25, 0.3) is 0 Å². The van der Waals surface area contributed by atoms with Crippen molar-refractivity contribution in [3.63, 3.8) is 0 Å². The van der Waals surface area contributed by atoms with Crippen LogP contribution < -0.4 is 0 Å². The SMILES string of the molecule is CC(C)c1ccc(N=C2SCCS2)cc1. The van der Waals surface area contributed by atoms with Crippen molar-refractivity contribution >= 4 is 33.6 Å². The van der Waals surface area contributed by atoms with Crippen LogP contribution in [0.3, 0.4) is 0 Å². The molecule has 1 aliphatic heterocycles. The Labute approximate surface area is 99.8 Å². The number of hydrogen-bond donors (Lipinski definition) is 0. The maximum absolute atomic E-state index is 4.60. The lowest BCUT2D eigenvalue weighted by Gasteiger charge is -2.04. The number of nitrogens with zero attached hydrogens (tertiary/aromatic N) is 1. The van der Waals surface area contributed by atoms with Gasteiger partial charge in [-0.05, 0) is 23.6 Å². The third-order valence-corrected chi connectivity index (χ3v) is 4.77. The highest BCUT2D eigenvalue weighted by molar-refractivity contribution is 8.41. The Bertz CT molecular complexity index is 346. The fraction of sp³-hybridized carbons (Fsp3) is 0.417. The highest BCUT2D eigenvalue weighted by Gasteiger charge is 2.09. The van der Waals surface area contributed by atoms with Crippen molar-refractivity contribution in [2.75, 3.05) is 11.5 Å². The summed E-state index contributed by atoms with van der Waals surface area (Å²) in [4.78, 5) is 4.60. The lowest BCUT2D eigenvalue weighted by Crippen LogP contribution is -1.85. The Morgan fingerprint density at radius 2 is 1.67 bits per heavy atom. The van der Waals surface area contributed by atoms with E-state index in [1.165, 1.54) is 21.4 Å².